The Morgan fingerprint density at radius 3 is 2.88 bits per heavy atom. The number of halogens is 1. The van der Waals surface area contributed by atoms with Gasteiger partial charge in [0.2, 0.25) is 0 Å². The zero-order valence-electron chi connectivity index (χ0n) is 14.5. The second-order valence-corrected chi connectivity index (χ2v) is 5.87. The van der Waals surface area contributed by atoms with Crippen LogP contribution in [0.5, 0.6) is 0 Å². The Balaban J connectivity index is 1.65. The highest BCUT2D eigenvalue weighted by molar-refractivity contribution is 6.06. The Hall–Kier alpha value is -2.91. The number of hydrogen-bond acceptors (Lipinski definition) is 6. The predicted octanol–water partition coefficient (Wildman–Crippen LogP) is 1.69. The van der Waals surface area contributed by atoms with Gasteiger partial charge in [-0.15, -0.1) is 0 Å². The van der Waals surface area contributed by atoms with E-state index in [0.29, 0.717) is 5.56 Å². The standard InChI is InChI=1S/C17H16FN5O3/c1-9-11(18)13(24)17(26-9)23-8-21-12-14(19-7-20-15(12)23)22-16(25)10-5-3-2-4-6-10/h2-9,11,13,17,24H,1H3,(H,19,20,22,25)/t9-,11+,13?,17-/m1/s1/i1D. The number of ether oxygens (including phenoxy) is 1. The number of fused-ring (bicyclic) bond motifs is 1. The normalized spacial score (nSPS) is 26.0. The lowest BCUT2D eigenvalue weighted by Gasteiger charge is -2.16. The fraction of sp³-hybridized carbons (Fsp3) is 0.294. The fourth-order valence-electron chi connectivity index (χ4n) is 2.84. The van der Waals surface area contributed by atoms with Crippen molar-refractivity contribution < 1.29 is 20.4 Å². The number of rotatable bonds is 3. The molecule has 0 spiro atoms. The van der Waals surface area contributed by atoms with Crippen molar-refractivity contribution in [3.05, 3.63) is 48.5 Å². The molecule has 1 unspecified atom stereocenters. The van der Waals surface area contributed by atoms with E-state index in [-0.39, 0.29) is 29.8 Å². The van der Waals surface area contributed by atoms with Gasteiger partial charge in [0, 0.05) is 6.93 Å². The number of nitrogens with zero attached hydrogens (tertiary/aromatic N) is 4. The lowest BCUT2D eigenvalue weighted by atomic mass is 10.2. The molecule has 1 fully saturated rings. The van der Waals surface area contributed by atoms with Gasteiger partial charge in [-0.05, 0) is 19.0 Å². The molecule has 0 radical (unpaired) electrons. The van der Waals surface area contributed by atoms with Crippen LogP contribution in [0, 0.1) is 0 Å². The van der Waals surface area contributed by atoms with E-state index in [1.54, 1.807) is 30.3 Å². The number of hydrogen-bond donors (Lipinski definition) is 2. The molecule has 2 aromatic heterocycles. The number of amides is 1. The summed E-state index contributed by atoms with van der Waals surface area (Å²) in [5.41, 5.74) is 1.01. The first-order valence-corrected chi connectivity index (χ1v) is 7.91. The van der Waals surface area contributed by atoms with Gasteiger partial charge in [-0.25, -0.2) is 19.3 Å². The van der Waals surface area contributed by atoms with Crippen LogP contribution in [0.2, 0.25) is 0 Å². The van der Waals surface area contributed by atoms with E-state index in [4.69, 9.17) is 6.11 Å². The van der Waals surface area contributed by atoms with Crippen molar-refractivity contribution in [1.29, 1.82) is 0 Å². The number of alkyl halides is 1. The molecule has 0 aliphatic carbocycles. The molecular weight excluding hydrogens is 341 g/mol. The molecule has 1 aliphatic rings. The minimum Gasteiger partial charge on any atom is -0.385 e. The predicted molar refractivity (Wildman–Crippen MR) is 90.2 cm³/mol. The number of aliphatic hydroxyl groups excluding tert-OH is 1. The molecule has 1 amide bonds. The molecule has 134 valence electrons. The summed E-state index contributed by atoms with van der Waals surface area (Å²) in [6.45, 7) is -0.311. The number of aliphatic hydroxyl groups is 1. The number of nitrogens with one attached hydrogen (secondary N) is 1. The van der Waals surface area contributed by atoms with Gasteiger partial charge in [-0.2, -0.15) is 0 Å². The molecule has 0 bridgehead atoms. The van der Waals surface area contributed by atoms with E-state index < -0.39 is 24.6 Å². The van der Waals surface area contributed by atoms with Crippen molar-refractivity contribution in [2.75, 3.05) is 5.32 Å². The quantitative estimate of drug-likeness (QED) is 0.739. The van der Waals surface area contributed by atoms with Gasteiger partial charge in [0.25, 0.3) is 5.91 Å². The van der Waals surface area contributed by atoms with Crippen molar-refractivity contribution in [3.63, 3.8) is 0 Å². The molecule has 9 heteroatoms. The molecular formula is C17H16FN5O3. The minimum atomic E-state index is -1.68. The van der Waals surface area contributed by atoms with Gasteiger partial charge < -0.3 is 15.2 Å². The highest BCUT2D eigenvalue weighted by Gasteiger charge is 2.43. The largest absolute Gasteiger partial charge is 0.385 e. The highest BCUT2D eigenvalue weighted by Crippen LogP contribution is 2.33. The number of carbonyl (C=O) groups excluding carboxylic acids is 1. The number of aromatic nitrogens is 4. The van der Waals surface area contributed by atoms with Crippen LogP contribution in [-0.2, 0) is 4.74 Å². The van der Waals surface area contributed by atoms with Crippen molar-refractivity contribution in [3.8, 4) is 0 Å². The van der Waals surface area contributed by atoms with E-state index >= 15 is 0 Å². The number of benzene rings is 1. The Labute approximate surface area is 149 Å². The van der Waals surface area contributed by atoms with E-state index in [2.05, 4.69) is 20.3 Å². The van der Waals surface area contributed by atoms with E-state index in [1.165, 1.54) is 17.2 Å². The molecule has 4 atom stereocenters. The molecule has 3 heterocycles. The summed E-state index contributed by atoms with van der Waals surface area (Å²) >= 11 is 0. The average Bonchev–Trinajstić information content (AvgIpc) is 3.25. The zero-order valence-corrected chi connectivity index (χ0v) is 13.5. The van der Waals surface area contributed by atoms with Crippen molar-refractivity contribution >= 4 is 22.9 Å². The lowest BCUT2D eigenvalue weighted by Crippen LogP contribution is -2.26. The fourth-order valence-corrected chi connectivity index (χ4v) is 2.84. The second-order valence-electron chi connectivity index (χ2n) is 5.87. The van der Waals surface area contributed by atoms with Crippen molar-refractivity contribution in [1.82, 2.24) is 19.5 Å². The summed E-state index contributed by atoms with van der Waals surface area (Å²) < 4.78 is 28.2. The van der Waals surface area contributed by atoms with Crippen molar-refractivity contribution in [2.24, 2.45) is 0 Å². The highest BCUT2D eigenvalue weighted by atomic mass is 19.1. The van der Waals surface area contributed by atoms with Gasteiger partial charge in [-0.3, -0.25) is 9.36 Å². The second kappa shape index (κ2) is 6.43. The van der Waals surface area contributed by atoms with Gasteiger partial charge in [0.05, 0.1) is 12.4 Å². The summed E-state index contributed by atoms with van der Waals surface area (Å²) in [6.07, 6.45) is -2.64. The lowest BCUT2D eigenvalue weighted by molar-refractivity contribution is -0.0298. The molecule has 1 aromatic carbocycles. The number of anilines is 1. The maximum Gasteiger partial charge on any atom is 0.256 e. The van der Waals surface area contributed by atoms with Gasteiger partial charge in [-0.1, -0.05) is 18.2 Å². The summed E-state index contributed by atoms with van der Waals surface area (Å²) in [7, 11) is 0. The molecule has 2 N–H and O–H groups in total. The molecule has 1 saturated heterocycles. The SMILES string of the molecule is [2H]C[C@H]1O[C@@H](n2cnc3c(NC(=O)c4ccccc4)ncnc32)C(O)[C@H]1F. The third-order valence-electron chi connectivity index (χ3n) is 4.19. The molecule has 26 heavy (non-hydrogen) atoms. The van der Waals surface area contributed by atoms with Crippen LogP contribution in [0.25, 0.3) is 11.2 Å². The third-order valence-corrected chi connectivity index (χ3v) is 4.19. The maximum absolute atomic E-state index is 14.0. The first-order chi connectivity index (χ1) is 13.1. The summed E-state index contributed by atoms with van der Waals surface area (Å²) in [5, 5.41) is 12.8. The maximum atomic E-state index is 14.0. The molecule has 0 saturated carbocycles. The Morgan fingerprint density at radius 2 is 2.15 bits per heavy atom. The molecule has 1 aliphatic heterocycles. The van der Waals surface area contributed by atoms with E-state index in [0.717, 1.165) is 0 Å². The molecule has 8 nitrogen and oxygen atoms in total. The smallest absolute Gasteiger partial charge is 0.256 e. The van der Waals surface area contributed by atoms with Crippen molar-refractivity contribution in [2.45, 2.75) is 31.5 Å². The first kappa shape index (κ1) is 15.4. The van der Waals surface area contributed by atoms with Crippen LogP contribution in [-0.4, -0.2) is 48.9 Å². The van der Waals surface area contributed by atoms with Gasteiger partial charge in [0.15, 0.2) is 29.4 Å². The van der Waals surface area contributed by atoms with Crippen LogP contribution in [0.1, 0.15) is 24.9 Å². The van der Waals surface area contributed by atoms with Crippen LogP contribution in [0.15, 0.2) is 43.0 Å². The molecule has 4 rings (SSSR count). The third kappa shape index (κ3) is 2.71. The van der Waals surface area contributed by atoms with Crippen LogP contribution in [0.3, 0.4) is 0 Å². The number of imidazole rings is 1. The van der Waals surface area contributed by atoms with Crippen LogP contribution >= 0.6 is 0 Å². The van der Waals surface area contributed by atoms with E-state index in [1.807, 2.05) is 0 Å². The monoisotopic (exact) mass is 358 g/mol. The van der Waals surface area contributed by atoms with E-state index in [9.17, 15) is 14.3 Å². The first-order valence-electron chi connectivity index (χ1n) is 8.61. The van der Waals surface area contributed by atoms with Gasteiger partial charge >= 0.3 is 0 Å². The summed E-state index contributed by atoms with van der Waals surface area (Å²) in [6, 6.07) is 8.62. The van der Waals surface area contributed by atoms with Crippen LogP contribution < -0.4 is 5.32 Å². The van der Waals surface area contributed by atoms with Crippen LogP contribution in [0.4, 0.5) is 10.2 Å². The zero-order chi connectivity index (χ0) is 19.0. The minimum absolute atomic E-state index is 0.189. The molecule has 3 aromatic rings. The Bertz CT molecular complexity index is 970. The summed E-state index contributed by atoms with van der Waals surface area (Å²) in [4.78, 5) is 24.7. The summed E-state index contributed by atoms with van der Waals surface area (Å²) in [5.74, 6) is -0.172. The topological polar surface area (TPSA) is 102 Å². The Morgan fingerprint density at radius 1 is 1.35 bits per heavy atom. The van der Waals surface area contributed by atoms with Gasteiger partial charge in [0.1, 0.15) is 12.4 Å². The Kier molecular flexibility index (Phi) is 3.80. The number of carbonyl (C=O) groups is 1. The average molecular weight is 358 g/mol.